The molecule has 0 saturated carbocycles. The molecule has 0 aliphatic rings. The standard InChI is InChI=1S/C8H14O5S/c1-3-4-5-7(14(11,12)13)6(2)8(9)10/h3-5H2,1-2H3,(H,9,10)(H,11,12,13)/b7-6+. The lowest BCUT2D eigenvalue weighted by Gasteiger charge is -2.05. The van der Waals surface area contributed by atoms with Gasteiger partial charge in [-0.25, -0.2) is 4.79 Å². The quantitative estimate of drug-likeness (QED) is 0.542. The van der Waals surface area contributed by atoms with Gasteiger partial charge >= 0.3 is 5.97 Å². The summed E-state index contributed by atoms with van der Waals surface area (Å²) in [6, 6.07) is 0. The van der Waals surface area contributed by atoms with Crippen molar-refractivity contribution >= 4 is 16.1 Å². The molecule has 14 heavy (non-hydrogen) atoms. The minimum absolute atomic E-state index is 0.0630. The molecule has 0 aromatic rings. The van der Waals surface area contributed by atoms with Crippen molar-refractivity contribution in [2.75, 3.05) is 0 Å². The van der Waals surface area contributed by atoms with Gasteiger partial charge in [-0.1, -0.05) is 13.3 Å². The van der Waals surface area contributed by atoms with Crippen LogP contribution in [0.3, 0.4) is 0 Å². The molecule has 0 unspecified atom stereocenters. The number of carboxylic acids is 1. The summed E-state index contributed by atoms with van der Waals surface area (Å²) in [6.45, 7) is 3.01. The third kappa shape index (κ3) is 3.89. The number of allylic oxidation sites excluding steroid dienone is 1. The van der Waals surface area contributed by atoms with Gasteiger partial charge in [0, 0.05) is 0 Å². The Labute approximate surface area is 83.2 Å². The molecule has 0 bridgehead atoms. The van der Waals surface area contributed by atoms with Gasteiger partial charge in [0.05, 0.1) is 10.5 Å². The Morgan fingerprint density at radius 1 is 1.36 bits per heavy atom. The molecule has 0 heterocycles. The Kier molecular flexibility index (Phi) is 4.79. The molecule has 0 aliphatic carbocycles. The van der Waals surface area contributed by atoms with Crippen molar-refractivity contribution in [2.45, 2.75) is 33.1 Å². The molecule has 0 fully saturated rings. The van der Waals surface area contributed by atoms with Gasteiger partial charge in [-0.2, -0.15) is 8.42 Å². The van der Waals surface area contributed by atoms with E-state index in [-0.39, 0.29) is 12.0 Å². The van der Waals surface area contributed by atoms with Crippen LogP contribution in [0.4, 0.5) is 0 Å². The zero-order valence-electron chi connectivity index (χ0n) is 8.15. The lowest BCUT2D eigenvalue weighted by molar-refractivity contribution is -0.132. The minimum Gasteiger partial charge on any atom is -0.478 e. The van der Waals surface area contributed by atoms with E-state index in [1.165, 1.54) is 6.92 Å². The zero-order valence-corrected chi connectivity index (χ0v) is 8.97. The van der Waals surface area contributed by atoms with Crippen molar-refractivity contribution in [2.24, 2.45) is 0 Å². The first-order valence-electron chi connectivity index (χ1n) is 4.21. The highest BCUT2D eigenvalue weighted by Crippen LogP contribution is 2.18. The van der Waals surface area contributed by atoms with Gasteiger partial charge in [0.2, 0.25) is 0 Å². The Hall–Kier alpha value is -0.880. The van der Waals surface area contributed by atoms with E-state index in [0.717, 1.165) is 6.42 Å². The van der Waals surface area contributed by atoms with Gasteiger partial charge in [-0.3, -0.25) is 4.55 Å². The van der Waals surface area contributed by atoms with Crippen LogP contribution in [-0.4, -0.2) is 24.0 Å². The number of rotatable bonds is 5. The van der Waals surface area contributed by atoms with Crippen molar-refractivity contribution in [3.63, 3.8) is 0 Å². The lowest BCUT2D eigenvalue weighted by Crippen LogP contribution is -2.09. The van der Waals surface area contributed by atoms with Crippen LogP contribution in [-0.2, 0) is 14.9 Å². The first kappa shape index (κ1) is 13.1. The zero-order chi connectivity index (χ0) is 11.4. The Balaban J connectivity index is 5.11. The van der Waals surface area contributed by atoms with Gasteiger partial charge in [-0.15, -0.1) is 0 Å². The summed E-state index contributed by atoms with van der Waals surface area (Å²) in [6.07, 6.45) is 1.32. The maximum atomic E-state index is 10.8. The summed E-state index contributed by atoms with van der Waals surface area (Å²) in [7, 11) is -4.38. The third-order valence-corrected chi connectivity index (χ3v) is 2.94. The average Bonchev–Trinajstić information content (AvgIpc) is 2.02. The maximum absolute atomic E-state index is 10.8. The van der Waals surface area contributed by atoms with Gasteiger partial charge in [0.25, 0.3) is 10.1 Å². The smallest absolute Gasteiger partial charge is 0.332 e. The fourth-order valence-corrected chi connectivity index (χ4v) is 1.84. The number of aliphatic carboxylic acids is 1. The number of hydrogen-bond donors (Lipinski definition) is 2. The van der Waals surface area contributed by atoms with Crippen LogP contribution in [0.1, 0.15) is 33.1 Å². The van der Waals surface area contributed by atoms with Crippen LogP contribution in [0, 0.1) is 0 Å². The molecule has 0 amide bonds. The monoisotopic (exact) mass is 222 g/mol. The van der Waals surface area contributed by atoms with E-state index in [1.54, 1.807) is 0 Å². The van der Waals surface area contributed by atoms with Gasteiger partial charge in [0.1, 0.15) is 0 Å². The van der Waals surface area contributed by atoms with E-state index in [2.05, 4.69) is 0 Å². The van der Waals surface area contributed by atoms with E-state index in [4.69, 9.17) is 9.66 Å². The summed E-state index contributed by atoms with van der Waals surface area (Å²) in [5, 5.41) is 8.58. The summed E-state index contributed by atoms with van der Waals surface area (Å²) < 4.78 is 30.4. The molecule has 2 N–H and O–H groups in total. The van der Waals surface area contributed by atoms with Crippen LogP contribution < -0.4 is 0 Å². The molecule has 0 aromatic carbocycles. The van der Waals surface area contributed by atoms with Crippen LogP contribution in [0.15, 0.2) is 10.5 Å². The summed E-state index contributed by atoms with van der Waals surface area (Å²) in [4.78, 5) is 10.1. The summed E-state index contributed by atoms with van der Waals surface area (Å²) in [5.41, 5.74) is -0.319. The molecule has 0 spiro atoms. The molecule has 0 radical (unpaired) electrons. The van der Waals surface area contributed by atoms with Crippen molar-refractivity contribution in [3.05, 3.63) is 10.5 Å². The highest BCUT2D eigenvalue weighted by Gasteiger charge is 2.20. The normalized spacial score (nSPS) is 13.6. The average molecular weight is 222 g/mol. The molecule has 6 heteroatoms. The molecule has 0 atom stereocenters. The SMILES string of the molecule is CCCC/C(=C(/C)C(=O)O)S(=O)(=O)O. The van der Waals surface area contributed by atoms with Crippen LogP contribution in [0.5, 0.6) is 0 Å². The van der Waals surface area contributed by atoms with E-state index < -0.39 is 21.0 Å². The first-order chi connectivity index (χ1) is 6.30. The van der Waals surface area contributed by atoms with Crippen molar-refractivity contribution in [1.29, 1.82) is 0 Å². The van der Waals surface area contributed by atoms with E-state index in [1.807, 2.05) is 6.92 Å². The third-order valence-electron chi connectivity index (χ3n) is 1.81. The van der Waals surface area contributed by atoms with E-state index in [9.17, 15) is 13.2 Å². The molecule has 5 nitrogen and oxygen atoms in total. The lowest BCUT2D eigenvalue weighted by atomic mass is 10.2. The number of carbonyl (C=O) groups is 1. The second-order valence-corrected chi connectivity index (χ2v) is 4.37. The van der Waals surface area contributed by atoms with Crippen LogP contribution in [0.25, 0.3) is 0 Å². The Bertz CT molecular complexity index is 339. The number of carboxylic acid groups (broad SMARTS) is 1. The number of unbranched alkanes of at least 4 members (excludes halogenated alkanes) is 1. The highest BCUT2D eigenvalue weighted by molar-refractivity contribution is 7.89. The molecule has 0 saturated heterocycles. The Morgan fingerprint density at radius 2 is 1.86 bits per heavy atom. The van der Waals surface area contributed by atoms with E-state index in [0.29, 0.717) is 6.42 Å². The van der Waals surface area contributed by atoms with Crippen LogP contribution >= 0.6 is 0 Å². The second kappa shape index (κ2) is 5.11. The molecule has 82 valence electrons. The predicted molar refractivity (Wildman–Crippen MR) is 51.4 cm³/mol. The second-order valence-electron chi connectivity index (χ2n) is 2.93. The minimum atomic E-state index is -4.38. The molecule has 0 aliphatic heterocycles. The highest BCUT2D eigenvalue weighted by atomic mass is 32.2. The maximum Gasteiger partial charge on any atom is 0.332 e. The van der Waals surface area contributed by atoms with Crippen molar-refractivity contribution < 1.29 is 22.9 Å². The molecule has 0 rings (SSSR count). The molecular formula is C8H14O5S. The number of hydrogen-bond acceptors (Lipinski definition) is 3. The molecule has 0 aromatic heterocycles. The summed E-state index contributed by atoms with van der Waals surface area (Å²) >= 11 is 0. The van der Waals surface area contributed by atoms with Crippen molar-refractivity contribution in [3.8, 4) is 0 Å². The fraction of sp³-hybridized carbons (Fsp3) is 0.625. The fourth-order valence-electron chi connectivity index (χ4n) is 0.967. The van der Waals surface area contributed by atoms with Gasteiger partial charge < -0.3 is 5.11 Å². The van der Waals surface area contributed by atoms with Crippen molar-refractivity contribution in [1.82, 2.24) is 0 Å². The Morgan fingerprint density at radius 3 is 2.14 bits per heavy atom. The molecular weight excluding hydrogens is 208 g/mol. The van der Waals surface area contributed by atoms with Gasteiger partial charge in [-0.05, 0) is 19.8 Å². The van der Waals surface area contributed by atoms with Gasteiger partial charge in [0.15, 0.2) is 0 Å². The van der Waals surface area contributed by atoms with E-state index >= 15 is 0 Å². The first-order valence-corrected chi connectivity index (χ1v) is 5.65. The van der Waals surface area contributed by atoms with Crippen LogP contribution in [0.2, 0.25) is 0 Å². The summed E-state index contributed by atoms with van der Waals surface area (Å²) in [5.74, 6) is -1.33. The topological polar surface area (TPSA) is 91.7 Å². The largest absolute Gasteiger partial charge is 0.478 e. The predicted octanol–water partition coefficient (Wildman–Crippen LogP) is 1.42.